The van der Waals surface area contributed by atoms with Crippen molar-refractivity contribution in [1.82, 2.24) is 21.3 Å². The van der Waals surface area contributed by atoms with Gasteiger partial charge in [-0.15, -0.1) is 0 Å². The van der Waals surface area contributed by atoms with Crippen LogP contribution in [0.15, 0.2) is 48.5 Å². The molecule has 0 spiro atoms. The largest absolute Gasteiger partial charge is 0.467 e. The van der Waals surface area contributed by atoms with Crippen LogP contribution < -0.4 is 27.0 Å². The monoisotopic (exact) mass is 1470 g/mol. The summed E-state index contributed by atoms with van der Waals surface area (Å²) in [5.74, 6) is -4.59. The second-order valence-corrected chi connectivity index (χ2v) is 32.5. The Morgan fingerprint density at radius 2 is 0.989 bits per heavy atom. The number of esters is 5. The lowest BCUT2D eigenvalue weighted by Crippen LogP contribution is -2.49. The second-order valence-electron chi connectivity index (χ2n) is 24.4. The Bertz CT molecular complexity index is 2350. The lowest BCUT2D eigenvalue weighted by Gasteiger charge is -2.23. The Morgan fingerprint density at radius 3 is 1.37 bits per heavy atom. The molecule has 2 aromatic rings. The highest BCUT2D eigenvalue weighted by Crippen LogP contribution is 2.19. The smallest absolute Gasteiger partial charge is 0.328 e. The number of nitrogens with two attached hydrogens (primary N) is 1. The number of hydrogen-bond acceptors (Lipinski definition) is 16. The van der Waals surface area contributed by atoms with Gasteiger partial charge in [0.05, 0.1) is 33.3 Å². The van der Waals surface area contributed by atoms with E-state index in [1.54, 1.807) is 41.5 Å². The number of carbonyl (C=O) groups is 9. The molecule has 494 valence electrons. The Balaban J connectivity index is 0.00000158. The van der Waals surface area contributed by atoms with Gasteiger partial charge in [0.25, 0.3) is 0 Å². The molecule has 0 radical (unpaired) electrons. The molecule has 24 heteroatoms. The van der Waals surface area contributed by atoms with Crippen molar-refractivity contribution in [2.75, 3.05) is 47.1 Å². The van der Waals surface area contributed by atoms with Gasteiger partial charge in [-0.25, -0.2) is 9.59 Å². The number of unbranched alkanes of at least 4 members (excludes halogenated alkanes) is 2. The van der Waals surface area contributed by atoms with Crippen LogP contribution in [0, 0.1) is 13.1 Å². The van der Waals surface area contributed by atoms with Gasteiger partial charge in [0.1, 0.15) is 23.3 Å². The van der Waals surface area contributed by atoms with Crippen molar-refractivity contribution >= 4 is 107 Å². The van der Waals surface area contributed by atoms with E-state index in [2.05, 4.69) is 135 Å². The molecule has 4 amide bonds. The molecule has 2 unspecified atom stereocenters. The molecule has 4 atom stereocenters. The van der Waals surface area contributed by atoms with E-state index in [-0.39, 0.29) is 56.0 Å². The van der Waals surface area contributed by atoms with Gasteiger partial charge in [0, 0.05) is 73.1 Å². The van der Waals surface area contributed by atoms with Crippen LogP contribution in [0.4, 0.5) is 0 Å². The van der Waals surface area contributed by atoms with Crippen LogP contribution in [-0.2, 0) is 84.4 Å². The highest BCUT2D eigenvalue weighted by molar-refractivity contribution is 14.1. The maximum absolute atomic E-state index is 13.3. The highest BCUT2D eigenvalue weighted by atomic mass is 127. The topological polar surface area (TPSA) is 315 Å². The van der Waals surface area contributed by atoms with Gasteiger partial charge in [0.2, 0.25) is 23.6 Å². The molecular weight excluding hydrogens is 1360 g/mol. The summed E-state index contributed by atoms with van der Waals surface area (Å²) in [5.41, 5.74) is 7.01. The van der Waals surface area contributed by atoms with Crippen molar-refractivity contribution < 1.29 is 77.0 Å². The average molecular weight is 1470 g/mol. The first-order valence-corrected chi connectivity index (χ1v) is 36.0. The fourth-order valence-electron chi connectivity index (χ4n) is 8.19. The van der Waals surface area contributed by atoms with Gasteiger partial charge >= 0.3 is 29.8 Å². The van der Waals surface area contributed by atoms with Crippen molar-refractivity contribution in [3.63, 3.8) is 0 Å². The molecule has 1 aliphatic rings. The molecule has 3 rings (SSSR count). The van der Waals surface area contributed by atoms with Gasteiger partial charge in [-0.3, -0.25) is 33.6 Å². The van der Waals surface area contributed by atoms with E-state index in [4.69, 9.17) is 34.2 Å². The van der Waals surface area contributed by atoms with Crippen LogP contribution >= 0.6 is 45.2 Å². The molecule has 8 N–H and O–H groups in total. The molecule has 1 aliphatic heterocycles. The Labute approximate surface area is 545 Å². The van der Waals surface area contributed by atoms with Gasteiger partial charge in [-0.1, -0.05) is 43.9 Å². The maximum Gasteiger partial charge on any atom is 0.328 e. The van der Waals surface area contributed by atoms with E-state index in [1.807, 2.05) is 0 Å². The number of rotatable bonds is 35. The predicted molar refractivity (Wildman–Crippen MR) is 355 cm³/mol. The lowest BCUT2D eigenvalue weighted by atomic mass is 9.97. The fraction of sp³-hybridized carbons (Fsp3) is 0.667. The molecule has 0 saturated carbocycles. The van der Waals surface area contributed by atoms with Crippen LogP contribution in [0.3, 0.4) is 0 Å². The van der Waals surface area contributed by atoms with Crippen LogP contribution in [0.5, 0.6) is 0 Å². The summed E-state index contributed by atoms with van der Waals surface area (Å²) in [5, 5.41) is 11.1. The summed E-state index contributed by atoms with van der Waals surface area (Å²) >= 11 is 4.52. The number of hydrogen-bond donors (Lipinski definition) is 5. The van der Waals surface area contributed by atoms with E-state index < -0.39 is 85.0 Å². The summed E-state index contributed by atoms with van der Waals surface area (Å²) in [6, 6.07) is 14.6. The SMILES string of the molecule is C1CCOC1.COC(=O)[C@H](CCCCNC(=O)CCCc1ccc(I)cc1)NC(=O)C(CCC(=O)OC(C)(C)C)CC(=O)OCC[Si](C)(C)C.COC(=O)[C@H](CCCCNC(=O)CCCc1ccc(I)cc1)NC(=O)C(N)CCC(=O)OC(C)(C)C.O. The Kier molecular flexibility index (Phi) is 43.0. The van der Waals surface area contributed by atoms with Gasteiger partial charge in [-0.05, 0) is 218 Å². The number of methoxy groups -OCH3 is 2. The molecule has 0 aliphatic carbocycles. The third kappa shape index (κ3) is 44.3. The van der Waals surface area contributed by atoms with E-state index in [0.717, 1.165) is 44.9 Å². The zero-order valence-corrected chi connectivity index (χ0v) is 58.9. The summed E-state index contributed by atoms with van der Waals surface area (Å²) < 4.78 is 33.0. The lowest BCUT2D eigenvalue weighted by molar-refractivity contribution is -0.156. The number of ether oxygens (including phenoxy) is 6. The quantitative estimate of drug-likeness (QED) is 0.0142. The number of halogens is 2. The van der Waals surface area contributed by atoms with Crippen molar-refractivity contribution in [1.29, 1.82) is 0 Å². The van der Waals surface area contributed by atoms with Crippen molar-refractivity contribution in [3.05, 3.63) is 66.8 Å². The Hall–Kier alpha value is -4.77. The third-order valence-electron chi connectivity index (χ3n) is 12.9. The van der Waals surface area contributed by atoms with Gasteiger partial charge in [-0.2, -0.15) is 0 Å². The van der Waals surface area contributed by atoms with Crippen molar-refractivity contribution in [2.45, 2.75) is 219 Å². The minimum atomic E-state index is -1.42. The molecule has 21 nitrogen and oxygen atoms in total. The first-order chi connectivity index (χ1) is 40.4. The van der Waals surface area contributed by atoms with Crippen LogP contribution in [0.25, 0.3) is 0 Å². The molecule has 87 heavy (non-hydrogen) atoms. The highest BCUT2D eigenvalue weighted by Gasteiger charge is 2.30. The number of carbonyl (C=O) groups excluding carboxylic acids is 9. The van der Waals surface area contributed by atoms with Crippen LogP contribution in [0.2, 0.25) is 25.7 Å². The second kappa shape index (κ2) is 45.5. The first kappa shape index (κ1) is 82.2. The third-order valence-corrected chi connectivity index (χ3v) is 16.1. The van der Waals surface area contributed by atoms with Crippen molar-refractivity contribution in [2.24, 2.45) is 11.7 Å². The van der Waals surface area contributed by atoms with Crippen LogP contribution in [0.1, 0.15) is 162 Å². The predicted octanol–water partition coefficient (Wildman–Crippen LogP) is 8.55. The van der Waals surface area contributed by atoms with E-state index >= 15 is 0 Å². The van der Waals surface area contributed by atoms with E-state index in [1.165, 1.54) is 45.3 Å². The fourth-order valence-corrected chi connectivity index (χ4v) is 9.62. The molecule has 1 heterocycles. The molecule has 0 aromatic heterocycles. The standard InChI is InChI=1S/C33H53IN2O8Si.C26H40IN3O6.C4H8O.H2O/c1-33(2,3)44-29(38)19-16-25(23-30(39)43-21-22-45(5,6)7)31(40)36-27(32(41)42-4)12-8-9-20-35-28(37)13-10-11-24-14-17-26(34)18-15-24;1-26(2,3)36-23(32)16-15-20(28)24(33)30-21(25(34)35-4)9-5-6-17-29-22(31)10-7-8-18-11-13-19(27)14-12-18;1-2-4-5-3-1;/h14-15,17-18,25,27H,8-13,16,19-23H2,1-7H3,(H,35,37)(H,36,40);11-14,20-21H,5-10,15-17,28H2,1-4H3,(H,29,31)(H,30,33);1-4H2;1H2/t25?,27-;20?,21-;;/m00../s1. The number of aryl methyl sites for hydroxylation is 2. The normalized spacial score (nSPS) is 13.4. The van der Waals surface area contributed by atoms with Crippen molar-refractivity contribution in [3.8, 4) is 0 Å². The molecule has 2 aromatic carbocycles. The maximum atomic E-state index is 13.3. The number of benzene rings is 2. The minimum Gasteiger partial charge on any atom is -0.467 e. The minimum absolute atomic E-state index is 0. The number of amides is 4. The first-order valence-electron chi connectivity index (χ1n) is 30.1. The average Bonchev–Trinajstić information content (AvgIpc) is 3.98. The zero-order valence-electron chi connectivity index (χ0n) is 53.6. The summed E-state index contributed by atoms with van der Waals surface area (Å²) in [6.07, 6.45) is 9.57. The van der Waals surface area contributed by atoms with Gasteiger partial charge < -0.3 is 60.9 Å². The summed E-state index contributed by atoms with van der Waals surface area (Å²) in [7, 11) is 1.08. The van der Waals surface area contributed by atoms with Gasteiger partial charge in [0.15, 0.2) is 0 Å². The van der Waals surface area contributed by atoms with Crippen LogP contribution in [-0.4, -0.2) is 143 Å². The van der Waals surface area contributed by atoms with E-state index in [9.17, 15) is 43.2 Å². The molecule has 1 saturated heterocycles. The van der Waals surface area contributed by atoms with E-state index in [0.29, 0.717) is 64.5 Å². The molecular formula is C63H103I2N5O16Si. The molecule has 0 bridgehead atoms. The Morgan fingerprint density at radius 1 is 0.575 bits per heavy atom. The number of nitrogens with one attached hydrogen (secondary N) is 4. The summed E-state index contributed by atoms with van der Waals surface area (Å²) in [6.45, 7) is 20.3. The molecule has 1 fully saturated rings. The summed E-state index contributed by atoms with van der Waals surface area (Å²) in [4.78, 5) is 111. The zero-order chi connectivity index (χ0) is 64.7.